The monoisotopic (exact) mass is 411 g/mol. The van der Waals surface area contributed by atoms with Gasteiger partial charge in [-0.2, -0.15) is 0 Å². The van der Waals surface area contributed by atoms with Crippen molar-refractivity contribution >= 4 is 22.3 Å². The fraction of sp³-hybridized carbons (Fsp3) is 0.222. The molecule has 156 valence electrons. The number of ether oxygens (including phenoxy) is 1. The molecule has 1 saturated heterocycles. The lowest BCUT2D eigenvalue weighted by atomic mass is 10.1. The van der Waals surface area contributed by atoms with Crippen LogP contribution in [0, 0.1) is 0 Å². The van der Waals surface area contributed by atoms with Crippen LogP contribution in [0.2, 0.25) is 0 Å². The van der Waals surface area contributed by atoms with Crippen molar-refractivity contribution in [2.75, 3.05) is 31.2 Å². The first-order chi connectivity index (χ1) is 15.3. The third-order valence-electron chi connectivity index (χ3n) is 5.82. The second kappa shape index (κ2) is 8.78. The van der Waals surface area contributed by atoms with Crippen molar-refractivity contribution in [2.24, 2.45) is 0 Å². The van der Waals surface area contributed by atoms with Crippen LogP contribution >= 0.6 is 0 Å². The first-order valence-corrected chi connectivity index (χ1v) is 10.9. The lowest BCUT2D eigenvalue weighted by Gasteiger charge is -2.28. The highest BCUT2D eigenvalue weighted by Crippen LogP contribution is 2.22. The summed E-state index contributed by atoms with van der Waals surface area (Å²) in [6.45, 7) is 5.65. The minimum atomic E-state index is 0.793. The van der Waals surface area contributed by atoms with Crippen LogP contribution in [0.3, 0.4) is 0 Å². The third-order valence-corrected chi connectivity index (χ3v) is 5.82. The van der Waals surface area contributed by atoms with Crippen LogP contribution in [0.5, 0.6) is 0 Å². The minimum absolute atomic E-state index is 0.793. The van der Waals surface area contributed by atoms with Gasteiger partial charge in [-0.3, -0.25) is 0 Å². The summed E-state index contributed by atoms with van der Waals surface area (Å²) in [6.07, 6.45) is 0.990. The Morgan fingerprint density at radius 2 is 1.65 bits per heavy atom. The van der Waals surface area contributed by atoms with E-state index in [0.717, 1.165) is 66.1 Å². The molecule has 0 bridgehead atoms. The number of aryl methyl sites for hydroxylation is 1. The zero-order chi connectivity index (χ0) is 21.0. The number of morpholine rings is 1. The smallest absolute Gasteiger partial charge is 0.218 e. The van der Waals surface area contributed by atoms with Crippen molar-refractivity contribution in [3.63, 3.8) is 0 Å². The van der Waals surface area contributed by atoms with Gasteiger partial charge < -0.3 is 14.1 Å². The van der Waals surface area contributed by atoms with E-state index in [-0.39, 0.29) is 0 Å². The van der Waals surface area contributed by atoms with Crippen LogP contribution in [0.25, 0.3) is 22.3 Å². The maximum Gasteiger partial charge on any atom is 0.218 e. The summed E-state index contributed by atoms with van der Waals surface area (Å²) in [5.41, 5.74) is 5.53. The molecule has 0 atom stereocenters. The summed E-state index contributed by atoms with van der Waals surface area (Å²) in [7, 11) is 0. The van der Waals surface area contributed by atoms with Gasteiger partial charge in [-0.25, -0.2) is 4.99 Å². The molecular weight excluding hydrogens is 384 g/mol. The molecule has 5 rings (SSSR count). The summed E-state index contributed by atoms with van der Waals surface area (Å²) < 4.78 is 11.7. The van der Waals surface area contributed by atoms with Gasteiger partial charge in [0.1, 0.15) is 11.3 Å². The van der Waals surface area contributed by atoms with E-state index in [2.05, 4.69) is 77.5 Å². The predicted molar refractivity (Wildman–Crippen MR) is 124 cm³/mol. The van der Waals surface area contributed by atoms with Crippen molar-refractivity contribution in [1.82, 2.24) is 0 Å². The van der Waals surface area contributed by atoms with E-state index < -0.39 is 0 Å². The number of nitrogens with zero attached hydrogens (tertiary/aromatic N) is 1. The normalized spacial score (nSPS) is 14.9. The third kappa shape index (κ3) is 4.25. The summed E-state index contributed by atoms with van der Waals surface area (Å²) in [6, 6.07) is 27.4. The van der Waals surface area contributed by atoms with Crippen LogP contribution in [0.4, 0.5) is 11.4 Å². The Bertz CT molecular complexity index is 1240. The average molecular weight is 412 g/mol. The van der Waals surface area contributed by atoms with Crippen molar-refractivity contribution in [3.8, 4) is 11.3 Å². The topological polar surface area (TPSA) is 39.6 Å². The number of benzene rings is 3. The van der Waals surface area contributed by atoms with Gasteiger partial charge in [0, 0.05) is 36.5 Å². The second-order valence-electron chi connectivity index (χ2n) is 7.85. The molecule has 1 aliphatic rings. The van der Waals surface area contributed by atoms with Crippen LogP contribution in [0.15, 0.2) is 83.3 Å². The van der Waals surface area contributed by atoms with E-state index in [1.54, 1.807) is 0 Å². The SMILES string of the molecule is CCc1ccc2oc(-c3ccccc3)cc(=[NH+]c3ccc(N4CCOCC4)cc3)c2c1. The molecule has 0 radical (unpaired) electrons. The molecule has 2 heterocycles. The summed E-state index contributed by atoms with van der Waals surface area (Å²) in [5, 5.41) is 2.14. The number of hydrogen-bond acceptors (Lipinski definition) is 3. The molecule has 4 nitrogen and oxygen atoms in total. The zero-order valence-corrected chi connectivity index (χ0v) is 17.8. The molecule has 0 amide bonds. The van der Waals surface area contributed by atoms with Gasteiger partial charge in [0.05, 0.1) is 24.7 Å². The molecule has 31 heavy (non-hydrogen) atoms. The van der Waals surface area contributed by atoms with E-state index in [9.17, 15) is 0 Å². The number of hydrogen-bond donors (Lipinski definition) is 1. The molecule has 0 saturated carbocycles. The van der Waals surface area contributed by atoms with Crippen molar-refractivity contribution < 1.29 is 14.1 Å². The number of fused-ring (bicyclic) bond motifs is 1. The number of rotatable bonds is 4. The molecule has 3 aromatic carbocycles. The van der Waals surface area contributed by atoms with Gasteiger partial charge in [0.15, 0.2) is 0 Å². The molecule has 1 N–H and O–H groups in total. The molecule has 0 unspecified atom stereocenters. The molecule has 1 aromatic heterocycles. The van der Waals surface area contributed by atoms with Crippen LogP contribution in [-0.2, 0) is 11.2 Å². The number of anilines is 1. The lowest BCUT2D eigenvalue weighted by Crippen LogP contribution is -2.70. The Balaban J connectivity index is 1.60. The summed E-state index contributed by atoms with van der Waals surface area (Å²) >= 11 is 0. The maximum atomic E-state index is 6.27. The van der Waals surface area contributed by atoms with Gasteiger partial charge >= 0.3 is 0 Å². The van der Waals surface area contributed by atoms with Gasteiger partial charge in [-0.05, 0) is 36.2 Å². The predicted octanol–water partition coefficient (Wildman–Crippen LogP) is 3.81. The van der Waals surface area contributed by atoms with Crippen molar-refractivity contribution in [3.05, 3.63) is 89.8 Å². The van der Waals surface area contributed by atoms with E-state index >= 15 is 0 Å². The Kier molecular flexibility index (Phi) is 5.55. The zero-order valence-electron chi connectivity index (χ0n) is 17.8. The van der Waals surface area contributed by atoms with Gasteiger partial charge in [-0.1, -0.05) is 43.3 Å². The largest absolute Gasteiger partial charge is 0.456 e. The Morgan fingerprint density at radius 1 is 0.871 bits per heavy atom. The fourth-order valence-corrected chi connectivity index (χ4v) is 4.03. The lowest BCUT2D eigenvalue weighted by molar-refractivity contribution is -0.400. The first kappa shape index (κ1) is 19.6. The van der Waals surface area contributed by atoms with Crippen LogP contribution < -0.4 is 15.2 Å². The molecule has 4 heteroatoms. The summed E-state index contributed by atoms with van der Waals surface area (Å²) in [5.74, 6) is 0.852. The molecule has 1 aliphatic heterocycles. The van der Waals surface area contributed by atoms with Crippen LogP contribution in [-0.4, -0.2) is 26.3 Å². The molecule has 4 aromatic rings. The van der Waals surface area contributed by atoms with Crippen LogP contribution in [0.1, 0.15) is 12.5 Å². The Hall–Kier alpha value is -3.37. The first-order valence-electron chi connectivity index (χ1n) is 10.9. The molecule has 1 fully saturated rings. The average Bonchev–Trinajstić information content (AvgIpc) is 2.85. The van der Waals surface area contributed by atoms with E-state index in [1.807, 2.05) is 18.2 Å². The summed E-state index contributed by atoms with van der Waals surface area (Å²) in [4.78, 5) is 6.00. The Labute approximate surface area is 182 Å². The number of nitrogens with one attached hydrogen (secondary N) is 1. The highest BCUT2D eigenvalue weighted by atomic mass is 16.5. The second-order valence-corrected chi connectivity index (χ2v) is 7.85. The molecular formula is C27H27N2O2+. The Morgan fingerprint density at radius 3 is 2.39 bits per heavy atom. The standard InChI is InChI=1S/C27H26N2O2/c1-2-20-8-13-26-24(18-20)25(19-27(31-26)21-6-4-3-5-7-21)28-22-9-11-23(12-10-22)29-14-16-30-17-15-29/h3-13,18-19H,2,14-17H2,1H3/p+1. The van der Waals surface area contributed by atoms with Gasteiger partial charge in [0.2, 0.25) is 11.0 Å². The highest BCUT2D eigenvalue weighted by molar-refractivity contribution is 5.78. The fourth-order valence-electron chi connectivity index (χ4n) is 4.03. The van der Waals surface area contributed by atoms with E-state index in [1.165, 1.54) is 11.3 Å². The highest BCUT2D eigenvalue weighted by Gasteiger charge is 2.13. The van der Waals surface area contributed by atoms with Crippen molar-refractivity contribution in [2.45, 2.75) is 13.3 Å². The molecule has 0 spiro atoms. The quantitative estimate of drug-likeness (QED) is 0.555. The maximum absolute atomic E-state index is 6.27. The van der Waals surface area contributed by atoms with Crippen molar-refractivity contribution in [1.29, 1.82) is 0 Å². The van der Waals surface area contributed by atoms with E-state index in [0.29, 0.717) is 0 Å². The van der Waals surface area contributed by atoms with E-state index in [4.69, 9.17) is 9.15 Å². The van der Waals surface area contributed by atoms with Gasteiger partial charge in [0.25, 0.3) is 0 Å². The minimum Gasteiger partial charge on any atom is -0.456 e. The molecule has 0 aliphatic carbocycles. The van der Waals surface area contributed by atoms with Gasteiger partial charge in [-0.15, -0.1) is 0 Å².